The van der Waals surface area contributed by atoms with E-state index in [1.165, 1.54) is 6.08 Å². The molecule has 2 radical (unpaired) electrons. The number of nitrogens with zero attached hydrogens (tertiary/aromatic N) is 1. The van der Waals surface area contributed by atoms with Crippen LogP contribution in [-0.4, -0.2) is 5.91 Å². The first-order valence-electron chi connectivity index (χ1n) is 1.60. The van der Waals surface area contributed by atoms with Gasteiger partial charge in [-0.05, 0) is 0 Å². The molecule has 0 aliphatic carbocycles. The van der Waals surface area contributed by atoms with Gasteiger partial charge in [-0.3, -0.25) is 4.79 Å². The minimum atomic E-state index is -0.829. The Kier molecular flexibility index (Phi) is 2.13. The Morgan fingerprint density at radius 2 is 2.50 bits per heavy atom. The van der Waals surface area contributed by atoms with Crippen molar-refractivity contribution >= 4 is 5.91 Å². The van der Waals surface area contributed by atoms with Gasteiger partial charge in [0.2, 0.25) is 0 Å². The van der Waals surface area contributed by atoms with Gasteiger partial charge in [-0.15, -0.1) is 12.3 Å². The van der Waals surface area contributed by atoms with Crippen LogP contribution in [-0.2, 0) is 4.79 Å². The number of amides is 1. The lowest BCUT2D eigenvalue weighted by atomic mass is 10.4. The lowest BCUT2D eigenvalue weighted by molar-refractivity contribution is -0.117. The van der Waals surface area contributed by atoms with Crippen molar-refractivity contribution in [3.63, 3.8) is 0 Å². The maximum Gasteiger partial charge on any atom is 0.268 e. The second-order valence-corrected chi connectivity index (χ2v) is 0.887. The van der Waals surface area contributed by atoms with Gasteiger partial charge in [0.25, 0.3) is 5.91 Å². The Morgan fingerprint density at radius 3 is 2.50 bits per heavy atom. The van der Waals surface area contributed by atoms with E-state index in [9.17, 15) is 4.79 Å². The van der Waals surface area contributed by atoms with Gasteiger partial charge in [-0.2, -0.15) is 0 Å². The second-order valence-electron chi connectivity index (χ2n) is 0.887. The predicted molar refractivity (Wildman–Crippen MR) is 22.0 cm³/mol. The Labute approximate surface area is 36.6 Å². The molecule has 0 fully saturated rings. The third kappa shape index (κ3) is 3.21. The van der Waals surface area contributed by atoms with Gasteiger partial charge in [0.15, 0.2) is 0 Å². The summed E-state index contributed by atoms with van der Waals surface area (Å²) in [5.74, 6) is -0.829. The van der Waals surface area contributed by atoms with E-state index < -0.39 is 5.91 Å². The van der Waals surface area contributed by atoms with Gasteiger partial charge < -0.3 is 0 Å². The number of rotatable bonds is 2. The van der Waals surface area contributed by atoms with E-state index >= 15 is 0 Å². The maximum absolute atomic E-state index is 9.53. The molecule has 0 saturated heterocycles. The van der Waals surface area contributed by atoms with E-state index in [0.717, 1.165) is 0 Å². The quantitative estimate of drug-likeness (QED) is 0.438. The minimum Gasteiger partial charge on any atom is -0.271 e. The Hall–Kier alpha value is -0.790. The predicted octanol–water partition coefficient (Wildman–Crippen LogP) is 0.158. The van der Waals surface area contributed by atoms with Crippen LogP contribution < -0.4 is 5.73 Å². The highest BCUT2D eigenvalue weighted by molar-refractivity contribution is 5.74. The van der Waals surface area contributed by atoms with E-state index in [1.807, 2.05) is 0 Å². The van der Waals surface area contributed by atoms with Gasteiger partial charge in [-0.25, -0.2) is 0 Å². The van der Waals surface area contributed by atoms with Gasteiger partial charge >= 0.3 is 0 Å². The highest BCUT2D eigenvalue weighted by Crippen LogP contribution is 1.73. The lowest BCUT2D eigenvalue weighted by Gasteiger charge is -1.71. The van der Waals surface area contributed by atoms with Crippen LogP contribution in [0.25, 0.3) is 0 Å². The van der Waals surface area contributed by atoms with E-state index in [-0.39, 0.29) is 6.42 Å². The molecule has 0 saturated carbocycles. The maximum atomic E-state index is 9.53. The number of carbonyl (C=O) groups excluding carboxylic acids is 1. The van der Waals surface area contributed by atoms with Crippen molar-refractivity contribution in [3.05, 3.63) is 12.7 Å². The fourth-order valence-corrected chi connectivity index (χ4v) is 0.123. The zero-order valence-corrected chi connectivity index (χ0v) is 3.35. The zero-order chi connectivity index (χ0) is 4.99. The molecule has 2 nitrogen and oxygen atoms in total. The van der Waals surface area contributed by atoms with Crippen LogP contribution in [0, 0.1) is 0 Å². The molecule has 0 rings (SSSR count). The Balaban J connectivity index is 3.05. The van der Waals surface area contributed by atoms with Crippen LogP contribution in [0.3, 0.4) is 0 Å². The number of hydrogen-bond donors (Lipinski definition) is 0. The van der Waals surface area contributed by atoms with Crippen LogP contribution in [0.1, 0.15) is 6.42 Å². The normalized spacial score (nSPS) is 7.33. The van der Waals surface area contributed by atoms with Gasteiger partial charge in [-0.1, -0.05) is 6.08 Å². The summed E-state index contributed by atoms with van der Waals surface area (Å²) in [4.78, 5) is 9.53. The fraction of sp³-hybridized carbons (Fsp3) is 0.250. The van der Waals surface area contributed by atoms with Crippen LogP contribution >= 0.6 is 0 Å². The molecule has 6 heavy (non-hydrogen) atoms. The highest BCUT2D eigenvalue weighted by atomic mass is 16.1. The molecule has 32 valence electrons. The minimum absolute atomic E-state index is 0.0556. The molecule has 0 aliphatic heterocycles. The molecule has 0 atom stereocenters. The van der Waals surface area contributed by atoms with Gasteiger partial charge in [0.05, 0.1) is 0 Å². The monoisotopic (exact) mass is 83.0 g/mol. The first-order valence-corrected chi connectivity index (χ1v) is 1.60. The summed E-state index contributed by atoms with van der Waals surface area (Å²) in [5.41, 5.74) is 7.84. The first-order chi connectivity index (χ1) is 2.77. The van der Waals surface area contributed by atoms with Crippen molar-refractivity contribution in [2.75, 3.05) is 0 Å². The van der Waals surface area contributed by atoms with E-state index in [0.29, 0.717) is 0 Å². The standard InChI is InChI=1S/C4H5NO/c1-2-3-4(5)6/h2H,1,3H2. The third-order valence-electron chi connectivity index (χ3n) is 0.319. The first kappa shape index (κ1) is 5.21. The smallest absolute Gasteiger partial charge is 0.268 e. The van der Waals surface area contributed by atoms with Crippen LogP contribution in [0.15, 0.2) is 12.7 Å². The molecule has 0 heterocycles. The second kappa shape index (κ2) is 2.45. The SMILES string of the molecule is C=CCC([N])=O. The Morgan fingerprint density at radius 1 is 2.00 bits per heavy atom. The van der Waals surface area contributed by atoms with Crippen molar-refractivity contribution < 1.29 is 4.79 Å². The molecule has 0 N–H and O–H groups in total. The van der Waals surface area contributed by atoms with Gasteiger partial charge in [0, 0.05) is 6.42 Å². The summed E-state index contributed by atoms with van der Waals surface area (Å²) in [6.45, 7) is 3.22. The summed E-state index contributed by atoms with van der Waals surface area (Å²) >= 11 is 0. The molecule has 0 bridgehead atoms. The van der Waals surface area contributed by atoms with Gasteiger partial charge in [0.1, 0.15) is 0 Å². The molecule has 0 aromatic carbocycles. The largest absolute Gasteiger partial charge is 0.271 e. The van der Waals surface area contributed by atoms with Crippen molar-refractivity contribution in [1.29, 1.82) is 0 Å². The number of carbonyl (C=O) groups is 1. The average Bonchev–Trinajstić information content (AvgIpc) is 1.35. The molecule has 0 unspecified atom stereocenters. The van der Waals surface area contributed by atoms with E-state index in [1.54, 1.807) is 0 Å². The van der Waals surface area contributed by atoms with Crippen LogP contribution in [0.5, 0.6) is 0 Å². The topological polar surface area (TPSA) is 39.4 Å². The average molecular weight is 83.1 g/mol. The summed E-state index contributed by atoms with van der Waals surface area (Å²) in [6, 6.07) is 0. The molecule has 0 aromatic rings. The summed E-state index contributed by atoms with van der Waals surface area (Å²) < 4.78 is 0. The summed E-state index contributed by atoms with van der Waals surface area (Å²) in [6.07, 6.45) is 1.41. The zero-order valence-electron chi connectivity index (χ0n) is 3.35. The molecule has 0 aromatic heterocycles. The molecule has 2 heteroatoms. The molecule has 0 aliphatic rings. The van der Waals surface area contributed by atoms with Crippen molar-refractivity contribution in [2.45, 2.75) is 6.42 Å². The molecule has 1 amide bonds. The van der Waals surface area contributed by atoms with Crippen molar-refractivity contribution in [1.82, 2.24) is 5.73 Å². The Bertz CT molecular complexity index is 67.9. The van der Waals surface area contributed by atoms with E-state index in [2.05, 4.69) is 6.58 Å². The van der Waals surface area contributed by atoms with Crippen LogP contribution in [0.4, 0.5) is 0 Å². The summed E-state index contributed by atoms with van der Waals surface area (Å²) in [7, 11) is 0. The van der Waals surface area contributed by atoms with Crippen molar-refractivity contribution in [3.8, 4) is 0 Å². The van der Waals surface area contributed by atoms with E-state index in [4.69, 9.17) is 5.73 Å². The van der Waals surface area contributed by atoms with Crippen LogP contribution in [0.2, 0.25) is 0 Å². The third-order valence-corrected chi connectivity index (χ3v) is 0.319. The fourth-order valence-electron chi connectivity index (χ4n) is 0.123. The molecular weight excluding hydrogens is 78.0 g/mol. The molecule has 0 spiro atoms. The van der Waals surface area contributed by atoms with Crippen molar-refractivity contribution in [2.24, 2.45) is 0 Å². The lowest BCUT2D eigenvalue weighted by Crippen LogP contribution is -1.92. The number of hydrogen-bond acceptors (Lipinski definition) is 1. The summed E-state index contributed by atoms with van der Waals surface area (Å²) in [5, 5.41) is 0. The highest BCUT2D eigenvalue weighted by Gasteiger charge is 1.85. The molecular formula is C4H5NO.